The summed E-state index contributed by atoms with van der Waals surface area (Å²) in [6.07, 6.45) is 116. The number of unbranched alkanes of at least 4 members (excludes halogenated alkanes) is 29. The van der Waals surface area contributed by atoms with Crippen molar-refractivity contribution in [2.75, 3.05) is 6.61 Å². The maximum atomic E-state index is 12.5. The molecule has 0 radical (unpaired) electrons. The zero-order valence-electron chi connectivity index (χ0n) is 54.2. The van der Waals surface area contributed by atoms with E-state index in [1.54, 1.807) is 6.08 Å². The van der Waals surface area contributed by atoms with Crippen molar-refractivity contribution in [1.82, 2.24) is 5.32 Å². The summed E-state index contributed by atoms with van der Waals surface area (Å²) in [5, 5.41) is 23.2. The predicted molar refractivity (Wildman–Crippen MR) is 372 cm³/mol. The highest BCUT2D eigenvalue weighted by Crippen LogP contribution is 2.17. The lowest BCUT2D eigenvalue weighted by atomic mass is 10.0. The monoisotopic (exact) mass is 1140 g/mol. The van der Waals surface area contributed by atoms with Crippen LogP contribution < -0.4 is 5.32 Å². The van der Waals surface area contributed by atoms with Crippen molar-refractivity contribution >= 4 is 5.91 Å². The molecule has 0 bridgehead atoms. The van der Waals surface area contributed by atoms with Gasteiger partial charge in [-0.05, 0) is 122 Å². The second-order valence-corrected chi connectivity index (χ2v) is 22.9. The zero-order valence-corrected chi connectivity index (χ0v) is 54.2. The first-order chi connectivity index (χ1) is 41.2. The van der Waals surface area contributed by atoms with Gasteiger partial charge in [-0.25, -0.2) is 0 Å². The highest BCUT2D eigenvalue weighted by atomic mass is 16.3. The molecule has 0 aliphatic carbocycles. The third kappa shape index (κ3) is 68.4. The summed E-state index contributed by atoms with van der Waals surface area (Å²) in [4.78, 5) is 12.5. The molecule has 0 spiro atoms. The molecule has 2 atom stereocenters. The van der Waals surface area contributed by atoms with Crippen LogP contribution in [-0.2, 0) is 4.79 Å². The van der Waals surface area contributed by atoms with Crippen LogP contribution in [0.3, 0.4) is 0 Å². The van der Waals surface area contributed by atoms with E-state index in [2.05, 4.69) is 177 Å². The van der Waals surface area contributed by atoms with Crippen LogP contribution in [0.1, 0.15) is 303 Å². The number of aliphatic hydroxyl groups excluding tert-OH is 2. The van der Waals surface area contributed by atoms with Crippen LogP contribution in [0.5, 0.6) is 0 Å². The zero-order chi connectivity index (χ0) is 59.8. The second-order valence-electron chi connectivity index (χ2n) is 22.9. The quantitative estimate of drug-likeness (QED) is 0.0420. The average Bonchev–Trinajstić information content (AvgIpc) is 3.51. The average molecular weight is 1140 g/mol. The molecule has 0 aliphatic heterocycles. The standard InChI is InChI=1S/C79H131NO3/c1-3-5-7-9-11-13-15-17-19-21-23-25-27-29-31-33-35-37-38-39-40-41-42-43-45-47-49-51-53-55-57-59-61-63-65-67-69-71-73-75-79(83)80-77(76-81)78(82)74-72-70-68-66-64-62-60-58-56-54-52-50-48-46-44-36-34-32-30-28-26-24-22-20-18-16-14-12-10-8-6-4-2/h5,7,11,13,17,19,23,25,29,31,35,37,39-40,42-43,47,49,53,55,59,61,64-67,72,74,77-78,81-82H,3-4,6,8-10,12,14-16,18,20-22,24,26-28,30,32-34,36,38,41,44-46,48,50-52,54,56-58,60,62-63,68-71,73,75-76H2,1-2H3,(H,80,83)/b7-5-,13-11-,19-17-,25-23-,31-29-,37-35-,40-39-,43-42-,49-47-,55-53-,61-59-,66-64+,67-65-,74-72+. The second kappa shape index (κ2) is 72.0. The summed E-state index contributed by atoms with van der Waals surface area (Å²) in [7, 11) is 0. The van der Waals surface area contributed by atoms with Crippen LogP contribution in [0.2, 0.25) is 0 Å². The molecule has 4 nitrogen and oxygen atoms in total. The summed E-state index contributed by atoms with van der Waals surface area (Å²) < 4.78 is 0. The summed E-state index contributed by atoms with van der Waals surface area (Å²) >= 11 is 0. The van der Waals surface area contributed by atoms with Gasteiger partial charge in [-0.3, -0.25) is 4.79 Å². The van der Waals surface area contributed by atoms with Crippen LogP contribution >= 0.6 is 0 Å². The van der Waals surface area contributed by atoms with Crippen molar-refractivity contribution in [3.8, 4) is 0 Å². The Hall–Kier alpha value is -4.25. The molecule has 0 saturated carbocycles. The Morgan fingerprint density at radius 1 is 0.301 bits per heavy atom. The fourth-order valence-corrected chi connectivity index (χ4v) is 9.71. The molecule has 470 valence electrons. The molecule has 0 aliphatic rings. The van der Waals surface area contributed by atoms with Gasteiger partial charge in [-0.15, -0.1) is 0 Å². The Kier molecular flexibility index (Phi) is 68.3. The molecule has 0 saturated heterocycles. The van der Waals surface area contributed by atoms with Gasteiger partial charge in [0.25, 0.3) is 0 Å². The third-order valence-corrected chi connectivity index (χ3v) is 14.9. The SMILES string of the molecule is CC/C=C\C/C=C\C/C=C\C/C=C\C/C=C\C/C=C\C/C=C\C/C=C\C/C=C\C/C=C\C/C=C\C/C=C\CCCCC(=O)NC(CO)C(O)/C=C/CC/C=C/CCCCCCCCCCCCCCCCCCCCCCCCCCCC. The largest absolute Gasteiger partial charge is 0.394 e. The van der Waals surface area contributed by atoms with Gasteiger partial charge in [-0.1, -0.05) is 344 Å². The topological polar surface area (TPSA) is 69.6 Å². The van der Waals surface area contributed by atoms with Gasteiger partial charge < -0.3 is 15.5 Å². The van der Waals surface area contributed by atoms with Crippen molar-refractivity contribution in [3.63, 3.8) is 0 Å². The van der Waals surface area contributed by atoms with Crippen molar-refractivity contribution < 1.29 is 15.0 Å². The van der Waals surface area contributed by atoms with Gasteiger partial charge in [0.1, 0.15) is 0 Å². The molecule has 0 aromatic carbocycles. The van der Waals surface area contributed by atoms with E-state index in [0.29, 0.717) is 6.42 Å². The van der Waals surface area contributed by atoms with E-state index < -0.39 is 12.1 Å². The minimum absolute atomic E-state index is 0.120. The summed E-state index contributed by atoms with van der Waals surface area (Å²) in [6.45, 7) is 4.18. The van der Waals surface area contributed by atoms with E-state index >= 15 is 0 Å². The molecule has 0 rings (SSSR count). The Balaban J connectivity index is 3.68. The lowest BCUT2D eigenvalue weighted by Gasteiger charge is -2.19. The first-order valence-corrected chi connectivity index (χ1v) is 34.8. The van der Waals surface area contributed by atoms with Crippen LogP contribution in [0, 0.1) is 0 Å². The maximum Gasteiger partial charge on any atom is 0.220 e. The molecular formula is C79H131NO3. The molecule has 4 heteroatoms. The number of rotatable bonds is 62. The molecule has 2 unspecified atom stereocenters. The Morgan fingerprint density at radius 3 is 0.843 bits per heavy atom. The van der Waals surface area contributed by atoms with Crippen molar-refractivity contribution in [3.05, 3.63) is 170 Å². The van der Waals surface area contributed by atoms with Gasteiger partial charge in [-0.2, -0.15) is 0 Å². The first kappa shape index (κ1) is 78.8. The number of amides is 1. The van der Waals surface area contributed by atoms with Crippen LogP contribution in [0.15, 0.2) is 170 Å². The lowest BCUT2D eigenvalue weighted by Crippen LogP contribution is -2.45. The van der Waals surface area contributed by atoms with Gasteiger partial charge in [0.2, 0.25) is 5.91 Å². The summed E-state index contributed by atoms with van der Waals surface area (Å²) in [6, 6.07) is -0.678. The van der Waals surface area contributed by atoms with Crippen LogP contribution in [0.4, 0.5) is 0 Å². The molecule has 0 fully saturated rings. The van der Waals surface area contributed by atoms with Crippen molar-refractivity contribution in [2.24, 2.45) is 0 Å². The normalized spacial score (nSPS) is 13.8. The molecule has 1 amide bonds. The van der Waals surface area contributed by atoms with E-state index in [4.69, 9.17) is 0 Å². The number of hydrogen-bond donors (Lipinski definition) is 3. The molecule has 0 heterocycles. The molecule has 83 heavy (non-hydrogen) atoms. The molecule has 0 aromatic rings. The van der Waals surface area contributed by atoms with Gasteiger partial charge in [0.15, 0.2) is 0 Å². The van der Waals surface area contributed by atoms with Crippen LogP contribution in [0.25, 0.3) is 0 Å². The molecule has 3 N–H and O–H groups in total. The number of carbonyl (C=O) groups is 1. The maximum absolute atomic E-state index is 12.5. The van der Waals surface area contributed by atoms with E-state index in [1.807, 2.05) is 6.08 Å². The van der Waals surface area contributed by atoms with Gasteiger partial charge in [0, 0.05) is 6.42 Å². The fourth-order valence-electron chi connectivity index (χ4n) is 9.71. The highest BCUT2D eigenvalue weighted by Gasteiger charge is 2.18. The number of nitrogens with one attached hydrogen (secondary N) is 1. The number of carbonyl (C=O) groups excluding carboxylic acids is 1. The fraction of sp³-hybridized carbons (Fsp3) is 0.633. The van der Waals surface area contributed by atoms with Crippen LogP contribution in [-0.4, -0.2) is 34.9 Å². The third-order valence-electron chi connectivity index (χ3n) is 14.9. The lowest BCUT2D eigenvalue weighted by molar-refractivity contribution is -0.123. The number of hydrogen-bond acceptors (Lipinski definition) is 3. The van der Waals surface area contributed by atoms with E-state index in [0.717, 1.165) is 116 Å². The van der Waals surface area contributed by atoms with E-state index in [9.17, 15) is 15.0 Å². The molecular weight excluding hydrogens is 1010 g/mol. The first-order valence-electron chi connectivity index (χ1n) is 34.8. The molecule has 0 aromatic heterocycles. The summed E-state index contributed by atoms with van der Waals surface area (Å²) in [5.41, 5.74) is 0. The number of aliphatic hydroxyl groups is 2. The Labute approximate surface area is 515 Å². The van der Waals surface area contributed by atoms with E-state index in [-0.39, 0.29) is 12.5 Å². The minimum Gasteiger partial charge on any atom is -0.394 e. The van der Waals surface area contributed by atoms with Crippen molar-refractivity contribution in [1.29, 1.82) is 0 Å². The van der Waals surface area contributed by atoms with Gasteiger partial charge in [0.05, 0.1) is 18.8 Å². The van der Waals surface area contributed by atoms with E-state index in [1.165, 1.54) is 167 Å². The Bertz CT molecular complexity index is 1780. The Morgan fingerprint density at radius 2 is 0.542 bits per heavy atom. The summed E-state index contributed by atoms with van der Waals surface area (Å²) in [5.74, 6) is -0.120. The van der Waals surface area contributed by atoms with Gasteiger partial charge >= 0.3 is 0 Å². The minimum atomic E-state index is -0.896. The smallest absolute Gasteiger partial charge is 0.220 e. The van der Waals surface area contributed by atoms with Crippen molar-refractivity contribution in [2.45, 2.75) is 315 Å². The highest BCUT2D eigenvalue weighted by molar-refractivity contribution is 5.76. The number of allylic oxidation sites excluding steroid dienone is 27. The predicted octanol–water partition coefficient (Wildman–Crippen LogP) is 24.2.